The molecule has 0 bridgehead atoms. The highest BCUT2D eigenvalue weighted by atomic mass is 32.2. The van der Waals surface area contributed by atoms with Crippen molar-refractivity contribution in [3.8, 4) is 11.5 Å². The Bertz CT molecular complexity index is 1320. The smallest absolute Gasteiger partial charge is 0.264 e. The van der Waals surface area contributed by atoms with Crippen molar-refractivity contribution in [2.24, 2.45) is 0 Å². The van der Waals surface area contributed by atoms with Crippen molar-refractivity contribution in [3.63, 3.8) is 0 Å². The van der Waals surface area contributed by atoms with Gasteiger partial charge in [-0.3, -0.25) is 13.9 Å². The summed E-state index contributed by atoms with van der Waals surface area (Å²) in [5, 5.41) is 2.56. The summed E-state index contributed by atoms with van der Waals surface area (Å²) in [4.78, 5) is 27.7. The first kappa shape index (κ1) is 27.5. The van der Waals surface area contributed by atoms with E-state index in [1.807, 2.05) is 30.3 Å². The molecule has 2 amide bonds. The van der Waals surface area contributed by atoms with Gasteiger partial charge < -0.3 is 19.7 Å². The van der Waals surface area contributed by atoms with Crippen LogP contribution < -0.4 is 19.1 Å². The second-order valence-corrected chi connectivity index (χ2v) is 10.0. The zero-order chi connectivity index (χ0) is 27.0. The third-order valence-corrected chi connectivity index (χ3v) is 7.65. The first-order valence-electron chi connectivity index (χ1n) is 11.6. The molecule has 37 heavy (non-hydrogen) atoms. The van der Waals surface area contributed by atoms with Gasteiger partial charge in [-0.1, -0.05) is 48.5 Å². The van der Waals surface area contributed by atoms with Gasteiger partial charge in [0.2, 0.25) is 11.8 Å². The van der Waals surface area contributed by atoms with Crippen molar-refractivity contribution in [1.82, 2.24) is 10.2 Å². The van der Waals surface area contributed by atoms with Crippen molar-refractivity contribution in [2.45, 2.75) is 24.4 Å². The van der Waals surface area contributed by atoms with E-state index >= 15 is 0 Å². The largest absolute Gasteiger partial charge is 0.497 e. The van der Waals surface area contributed by atoms with E-state index in [4.69, 9.17) is 9.47 Å². The molecule has 0 saturated carbocycles. The van der Waals surface area contributed by atoms with Crippen molar-refractivity contribution in [3.05, 3.63) is 84.4 Å². The molecule has 0 radical (unpaired) electrons. The van der Waals surface area contributed by atoms with Gasteiger partial charge in [0.05, 0.1) is 24.8 Å². The molecule has 0 fully saturated rings. The van der Waals surface area contributed by atoms with Crippen LogP contribution in [0.1, 0.15) is 12.5 Å². The molecule has 0 aliphatic heterocycles. The Morgan fingerprint density at radius 2 is 1.54 bits per heavy atom. The number of carbonyl (C=O) groups is 2. The third-order valence-electron chi connectivity index (χ3n) is 5.87. The SMILES string of the molecule is CNC(=O)[C@H](C)N(Cc1ccccc1)C(=O)CN(c1cc(OC)ccc1OC)S(=O)(=O)c1ccccc1. The lowest BCUT2D eigenvalue weighted by Crippen LogP contribution is -2.50. The van der Waals surface area contributed by atoms with E-state index in [2.05, 4.69) is 5.32 Å². The van der Waals surface area contributed by atoms with Crippen LogP contribution in [0.25, 0.3) is 0 Å². The topological polar surface area (TPSA) is 105 Å². The number of hydrogen-bond acceptors (Lipinski definition) is 6. The number of benzene rings is 3. The minimum atomic E-state index is -4.21. The molecule has 0 aliphatic rings. The van der Waals surface area contributed by atoms with Crippen molar-refractivity contribution in [2.75, 3.05) is 32.1 Å². The fourth-order valence-electron chi connectivity index (χ4n) is 3.80. The molecule has 3 aromatic rings. The third kappa shape index (κ3) is 6.39. The summed E-state index contributed by atoms with van der Waals surface area (Å²) in [7, 11) is 0.139. The van der Waals surface area contributed by atoms with Gasteiger partial charge in [0, 0.05) is 19.7 Å². The minimum absolute atomic E-state index is 0.00151. The van der Waals surface area contributed by atoms with Crippen LogP contribution in [0.15, 0.2) is 83.8 Å². The molecule has 1 N–H and O–H groups in total. The zero-order valence-electron chi connectivity index (χ0n) is 21.2. The van der Waals surface area contributed by atoms with Crippen molar-refractivity contribution < 1.29 is 27.5 Å². The van der Waals surface area contributed by atoms with E-state index in [1.165, 1.54) is 44.4 Å². The summed E-state index contributed by atoms with van der Waals surface area (Å²) in [6.07, 6.45) is 0. The number of hydrogen-bond donors (Lipinski definition) is 1. The molecule has 0 saturated heterocycles. The lowest BCUT2D eigenvalue weighted by Gasteiger charge is -2.32. The number of likely N-dealkylation sites (N-methyl/N-ethyl adjacent to an activating group) is 1. The molecule has 0 aliphatic carbocycles. The average Bonchev–Trinajstić information content (AvgIpc) is 2.94. The number of methoxy groups -OCH3 is 2. The number of anilines is 1. The highest BCUT2D eigenvalue weighted by Gasteiger charge is 2.33. The van der Waals surface area contributed by atoms with Gasteiger partial charge in [0.1, 0.15) is 24.1 Å². The molecule has 196 valence electrons. The summed E-state index contributed by atoms with van der Waals surface area (Å²) >= 11 is 0. The molecule has 0 aromatic heterocycles. The number of rotatable bonds is 11. The quantitative estimate of drug-likeness (QED) is 0.413. The molecule has 3 rings (SSSR count). The standard InChI is InChI=1S/C27H31N3O6S/c1-20(27(32)28-2)29(18-21-11-7-5-8-12-21)26(31)19-30(37(33,34)23-13-9-6-10-14-23)24-17-22(35-3)15-16-25(24)36-4/h5-17,20H,18-19H2,1-4H3,(H,28,32)/t20-/m0/s1. The molecular weight excluding hydrogens is 494 g/mol. The lowest BCUT2D eigenvalue weighted by atomic mass is 10.1. The normalized spacial score (nSPS) is 11.8. The number of amides is 2. The van der Waals surface area contributed by atoms with Crippen LogP contribution in [-0.4, -0.2) is 59.0 Å². The molecular formula is C27H31N3O6S. The highest BCUT2D eigenvalue weighted by molar-refractivity contribution is 7.92. The highest BCUT2D eigenvalue weighted by Crippen LogP contribution is 2.35. The van der Waals surface area contributed by atoms with Crippen LogP contribution in [0.3, 0.4) is 0 Å². The van der Waals surface area contributed by atoms with E-state index in [0.29, 0.717) is 5.75 Å². The number of sulfonamides is 1. The average molecular weight is 526 g/mol. The summed E-state index contributed by atoms with van der Waals surface area (Å²) in [6.45, 7) is 1.14. The monoisotopic (exact) mass is 525 g/mol. The second-order valence-electron chi connectivity index (χ2n) is 8.16. The molecule has 0 unspecified atom stereocenters. The van der Waals surface area contributed by atoms with Gasteiger partial charge in [0.25, 0.3) is 10.0 Å². The lowest BCUT2D eigenvalue weighted by molar-refractivity contribution is -0.139. The fourth-order valence-corrected chi connectivity index (χ4v) is 5.23. The molecule has 0 heterocycles. The van der Waals surface area contributed by atoms with Gasteiger partial charge in [-0.15, -0.1) is 0 Å². The first-order chi connectivity index (χ1) is 17.7. The van der Waals surface area contributed by atoms with Crippen LogP contribution >= 0.6 is 0 Å². The van der Waals surface area contributed by atoms with Crippen molar-refractivity contribution in [1.29, 1.82) is 0 Å². The van der Waals surface area contributed by atoms with Crippen LogP contribution in [0.5, 0.6) is 11.5 Å². The van der Waals surface area contributed by atoms with E-state index in [0.717, 1.165) is 9.87 Å². The second kappa shape index (κ2) is 12.3. The number of nitrogens with one attached hydrogen (secondary N) is 1. The van der Waals surface area contributed by atoms with E-state index in [-0.39, 0.29) is 28.8 Å². The Morgan fingerprint density at radius 3 is 2.11 bits per heavy atom. The Morgan fingerprint density at radius 1 is 0.919 bits per heavy atom. The fraction of sp³-hybridized carbons (Fsp3) is 0.259. The van der Waals surface area contributed by atoms with Gasteiger partial charge >= 0.3 is 0 Å². The molecule has 9 nitrogen and oxygen atoms in total. The van der Waals surface area contributed by atoms with Gasteiger partial charge in [-0.05, 0) is 36.8 Å². The predicted molar refractivity (Wildman–Crippen MR) is 141 cm³/mol. The summed E-state index contributed by atoms with van der Waals surface area (Å²) in [5.74, 6) is -0.316. The van der Waals surface area contributed by atoms with Crippen LogP contribution in [0.4, 0.5) is 5.69 Å². The minimum Gasteiger partial charge on any atom is -0.497 e. The van der Waals surface area contributed by atoms with E-state index < -0.39 is 28.5 Å². The molecule has 3 aromatic carbocycles. The zero-order valence-corrected chi connectivity index (χ0v) is 22.1. The Labute approximate surface area is 217 Å². The number of nitrogens with zero attached hydrogens (tertiary/aromatic N) is 2. The Hall–Kier alpha value is -4.05. The van der Waals surface area contributed by atoms with Crippen LogP contribution in [0.2, 0.25) is 0 Å². The molecule has 1 atom stereocenters. The maximum atomic E-state index is 13.9. The van der Waals surface area contributed by atoms with Crippen LogP contribution in [0, 0.1) is 0 Å². The summed E-state index contributed by atoms with van der Waals surface area (Å²) < 4.78 is 39.5. The van der Waals surface area contributed by atoms with Crippen molar-refractivity contribution >= 4 is 27.5 Å². The number of ether oxygens (including phenoxy) is 2. The molecule has 0 spiro atoms. The van der Waals surface area contributed by atoms with Gasteiger partial charge in [-0.25, -0.2) is 8.42 Å². The Balaban J connectivity index is 2.11. The number of carbonyl (C=O) groups excluding carboxylic acids is 2. The maximum Gasteiger partial charge on any atom is 0.264 e. The van der Waals surface area contributed by atoms with E-state index in [9.17, 15) is 18.0 Å². The van der Waals surface area contributed by atoms with Gasteiger partial charge in [-0.2, -0.15) is 0 Å². The summed E-state index contributed by atoms with van der Waals surface area (Å²) in [5.41, 5.74) is 0.925. The first-order valence-corrected chi connectivity index (χ1v) is 13.0. The van der Waals surface area contributed by atoms with Gasteiger partial charge in [0.15, 0.2) is 0 Å². The summed E-state index contributed by atoms with van der Waals surface area (Å²) in [6, 6.07) is 20.8. The Kier molecular flexibility index (Phi) is 9.13. The predicted octanol–water partition coefficient (Wildman–Crippen LogP) is 3.06. The van der Waals surface area contributed by atoms with E-state index in [1.54, 1.807) is 37.3 Å². The van der Waals surface area contributed by atoms with Crippen LogP contribution in [-0.2, 0) is 26.2 Å². The molecule has 10 heteroatoms. The maximum absolute atomic E-state index is 13.9.